The van der Waals surface area contributed by atoms with Crippen molar-refractivity contribution < 1.29 is 13.5 Å². The van der Waals surface area contributed by atoms with Gasteiger partial charge in [-0.15, -0.1) is 0 Å². The summed E-state index contributed by atoms with van der Waals surface area (Å²) in [5.74, 6) is -1.29. The first-order valence-corrected chi connectivity index (χ1v) is 5.80. The molecule has 0 radical (unpaired) electrons. The third-order valence-electron chi connectivity index (χ3n) is 2.83. The minimum Gasteiger partial charge on any atom is -0.481 e. The number of nitrogens with two attached hydrogens (primary N) is 1. The number of hydrogen-bond acceptors (Lipinski definition) is 3. The van der Waals surface area contributed by atoms with Gasteiger partial charge in [-0.3, -0.25) is 0 Å². The Morgan fingerprint density at radius 3 is 2.74 bits per heavy atom. The van der Waals surface area contributed by atoms with Crippen LogP contribution >= 0.6 is 0 Å². The van der Waals surface area contributed by atoms with Crippen molar-refractivity contribution in [3.05, 3.63) is 59.3 Å². The number of ether oxygens (including phenoxy) is 1. The molecule has 0 saturated carbocycles. The zero-order valence-corrected chi connectivity index (χ0v) is 10.4. The molecule has 2 rings (SSSR count). The van der Waals surface area contributed by atoms with Crippen molar-refractivity contribution in [1.82, 2.24) is 4.98 Å². The van der Waals surface area contributed by atoms with Crippen molar-refractivity contribution in [1.29, 1.82) is 0 Å². The summed E-state index contributed by atoms with van der Waals surface area (Å²) < 4.78 is 31.1. The zero-order valence-electron chi connectivity index (χ0n) is 10.4. The van der Waals surface area contributed by atoms with Crippen LogP contribution in [0.2, 0.25) is 0 Å². The Balaban J connectivity index is 2.20. The van der Waals surface area contributed by atoms with Gasteiger partial charge in [-0.2, -0.15) is 0 Å². The summed E-state index contributed by atoms with van der Waals surface area (Å²) in [4.78, 5) is 4.06. The van der Waals surface area contributed by atoms with Crippen LogP contribution in [0.4, 0.5) is 8.78 Å². The molecular weight excluding hydrogens is 250 g/mol. The van der Waals surface area contributed by atoms with E-state index < -0.39 is 17.7 Å². The molecule has 1 heterocycles. The molecule has 2 N–H and O–H groups in total. The molecule has 0 spiro atoms. The lowest BCUT2D eigenvalue weighted by Gasteiger charge is -2.14. The van der Waals surface area contributed by atoms with Gasteiger partial charge in [0.1, 0.15) is 0 Å². The molecule has 2 aromatic rings. The Bertz CT molecular complexity index is 575. The van der Waals surface area contributed by atoms with Crippen LogP contribution in [0, 0.1) is 11.6 Å². The monoisotopic (exact) mass is 264 g/mol. The lowest BCUT2D eigenvalue weighted by atomic mass is 10.0. The Hall–Kier alpha value is -2.01. The van der Waals surface area contributed by atoms with E-state index in [-0.39, 0.29) is 0 Å². The SMILES string of the molecule is COc1ncccc1C(N)Cc1ccc(F)c(F)c1. The third-order valence-corrected chi connectivity index (χ3v) is 2.83. The summed E-state index contributed by atoms with van der Waals surface area (Å²) in [5, 5.41) is 0. The number of halogens is 2. The summed E-state index contributed by atoms with van der Waals surface area (Å²) >= 11 is 0. The lowest BCUT2D eigenvalue weighted by Crippen LogP contribution is -2.15. The summed E-state index contributed by atoms with van der Waals surface area (Å²) in [6, 6.07) is 6.92. The van der Waals surface area contributed by atoms with Crippen molar-refractivity contribution in [2.45, 2.75) is 12.5 Å². The maximum absolute atomic E-state index is 13.1. The van der Waals surface area contributed by atoms with Gasteiger partial charge in [-0.05, 0) is 30.2 Å². The van der Waals surface area contributed by atoms with Gasteiger partial charge in [-0.25, -0.2) is 13.8 Å². The number of hydrogen-bond donors (Lipinski definition) is 1. The minimum absolute atomic E-state index is 0.374. The fraction of sp³-hybridized carbons (Fsp3) is 0.214. The van der Waals surface area contributed by atoms with Crippen LogP contribution in [0.15, 0.2) is 36.5 Å². The molecule has 0 aliphatic heterocycles. The molecule has 1 atom stereocenters. The number of rotatable bonds is 4. The van der Waals surface area contributed by atoms with Crippen molar-refractivity contribution in [2.75, 3.05) is 7.11 Å². The molecule has 3 nitrogen and oxygen atoms in total. The second-order valence-electron chi connectivity index (χ2n) is 4.16. The molecule has 0 fully saturated rings. The highest BCUT2D eigenvalue weighted by molar-refractivity contribution is 5.30. The highest BCUT2D eigenvalue weighted by atomic mass is 19.2. The van der Waals surface area contributed by atoms with E-state index in [9.17, 15) is 8.78 Å². The first-order chi connectivity index (χ1) is 9.11. The quantitative estimate of drug-likeness (QED) is 0.923. The van der Waals surface area contributed by atoms with Gasteiger partial charge in [0.05, 0.1) is 7.11 Å². The molecule has 0 amide bonds. The second-order valence-corrected chi connectivity index (χ2v) is 4.16. The van der Waals surface area contributed by atoms with Crippen molar-refractivity contribution in [3.8, 4) is 5.88 Å². The first-order valence-electron chi connectivity index (χ1n) is 5.80. The molecule has 0 bridgehead atoms. The topological polar surface area (TPSA) is 48.1 Å². The predicted octanol–water partition coefficient (Wildman–Crippen LogP) is 2.61. The molecule has 0 aliphatic carbocycles. The van der Waals surface area contributed by atoms with E-state index in [0.717, 1.165) is 17.7 Å². The third kappa shape index (κ3) is 3.06. The maximum Gasteiger partial charge on any atom is 0.217 e. The number of benzene rings is 1. The van der Waals surface area contributed by atoms with Crippen LogP contribution in [0.5, 0.6) is 5.88 Å². The molecule has 0 aliphatic rings. The van der Waals surface area contributed by atoms with E-state index in [2.05, 4.69) is 4.98 Å². The van der Waals surface area contributed by atoms with Crippen LogP contribution < -0.4 is 10.5 Å². The van der Waals surface area contributed by atoms with E-state index in [1.165, 1.54) is 13.2 Å². The summed E-state index contributed by atoms with van der Waals surface area (Å²) in [5.41, 5.74) is 7.41. The average Bonchev–Trinajstić information content (AvgIpc) is 2.43. The molecule has 1 aromatic heterocycles. The number of aromatic nitrogens is 1. The summed E-state index contributed by atoms with van der Waals surface area (Å²) in [6.07, 6.45) is 1.98. The van der Waals surface area contributed by atoms with E-state index in [4.69, 9.17) is 10.5 Å². The largest absolute Gasteiger partial charge is 0.481 e. The molecular formula is C14H14F2N2O. The molecule has 1 aromatic carbocycles. The van der Waals surface area contributed by atoms with Gasteiger partial charge in [-0.1, -0.05) is 12.1 Å². The maximum atomic E-state index is 13.1. The van der Waals surface area contributed by atoms with Gasteiger partial charge < -0.3 is 10.5 Å². The molecule has 5 heteroatoms. The first kappa shape index (κ1) is 13.4. The lowest BCUT2D eigenvalue weighted by molar-refractivity contribution is 0.388. The van der Waals surface area contributed by atoms with Crippen LogP contribution in [0.1, 0.15) is 17.2 Å². The van der Waals surface area contributed by atoms with E-state index in [1.54, 1.807) is 18.3 Å². The van der Waals surface area contributed by atoms with Crippen LogP contribution in [0.3, 0.4) is 0 Å². The standard InChI is InChI=1S/C14H14F2N2O/c1-19-14-10(3-2-6-18-14)13(17)8-9-4-5-11(15)12(16)7-9/h2-7,13H,8,17H2,1H3. The van der Waals surface area contributed by atoms with Crippen molar-refractivity contribution >= 4 is 0 Å². The number of methoxy groups -OCH3 is 1. The number of pyridine rings is 1. The Morgan fingerprint density at radius 2 is 2.05 bits per heavy atom. The van der Waals surface area contributed by atoms with Crippen LogP contribution in [-0.4, -0.2) is 12.1 Å². The minimum atomic E-state index is -0.872. The Morgan fingerprint density at radius 1 is 1.26 bits per heavy atom. The average molecular weight is 264 g/mol. The van der Waals surface area contributed by atoms with Crippen molar-refractivity contribution in [2.24, 2.45) is 5.73 Å². The Kier molecular flexibility index (Phi) is 4.06. The van der Waals surface area contributed by atoms with E-state index in [1.807, 2.05) is 0 Å². The van der Waals surface area contributed by atoms with Gasteiger partial charge in [0.2, 0.25) is 5.88 Å². The fourth-order valence-corrected chi connectivity index (χ4v) is 1.89. The van der Waals surface area contributed by atoms with Crippen molar-refractivity contribution in [3.63, 3.8) is 0 Å². The summed E-state index contributed by atoms with van der Waals surface area (Å²) in [6.45, 7) is 0. The van der Waals surface area contributed by atoms with Gasteiger partial charge in [0, 0.05) is 17.8 Å². The van der Waals surface area contributed by atoms with Crippen LogP contribution in [0.25, 0.3) is 0 Å². The fourth-order valence-electron chi connectivity index (χ4n) is 1.89. The van der Waals surface area contributed by atoms with Gasteiger partial charge in [0.25, 0.3) is 0 Å². The highest BCUT2D eigenvalue weighted by Gasteiger charge is 2.14. The second kappa shape index (κ2) is 5.75. The van der Waals surface area contributed by atoms with Crippen LogP contribution in [-0.2, 0) is 6.42 Å². The predicted molar refractivity (Wildman–Crippen MR) is 67.8 cm³/mol. The Labute approximate surface area is 110 Å². The molecule has 1 unspecified atom stereocenters. The molecule has 0 saturated heterocycles. The number of nitrogens with zero attached hydrogens (tertiary/aromatic N) is 1. The highest BCUT2D eigenvalue weighted by Crippen LogP contribution is 2.24. The molecule has 19 heavy (non-hydrogen) atoms. The normalized spacial score (nSPS) is 12.2. The zero-order chi connectivity index (χ0) is 13.8. The summed E-state index contributed by atoms with van der Waals surface area (Å²) in [7, 11) is 1.51. The van der Waals surface area contributed by atoms with E-state index >= 15 is 0 Å². The van der Waals surface area contributed by atoms with E-state index in [0.29, 0.717) is 17.9 Å². The van der Waals surface area contributed by atoms with Gasteiger partial charge >= 0.3 is 0 Å². The van der Waals surface area contributed by atoms with Gasteiger partial charge in [0.15, 0.2) is 11.6 Å². The molecule has 100 valence electrons. The smallest absolute Gasteiger partial charge is 0.217 e.